The molecule has 1 aromatic carbocycles. The maximum atomic E-state index is 13.8. The summed E-state index contributed by atoms with van der Waals surface area (Å²) in [7, 11) is 1.46. The molecule has 120 valence electrons. The van der Waals surface area contributed by atoms with Crippen molar-refractivity contribution in [3.05, 3.63) is 41.8 Å². The van der Waals surface area contributed by atoms with Crippen molar-refractivity contribution in [2.24, 2.45) is 0 Å². The molecule has 6 nitrogen and oxygen atoms in total. The van der Waals surface area contributed by atoms with Gasteiger partial charge in [-0.15, -0.1) is 0 Å². The van der Waals surface area contributed by atoms with Crippen LogP contribution in [-0.4, -0.2) is 41.1 Å². The number of carbonyl (C=O) groups is 2. The summed E-state index contributed by atoms with van der Waals surface area (Å²) in [5, 5.41) is 2.99. The Bertz CT molecular complexity index is 795. The number of aromatic nitrogens is 1. The van der Waals surface area contributed by atoms with E-state index >= 15 is 0 Å². The van der Waals surface area contributed by atoms with Gasteiger partial charge in [-0.2, -0.15) is 0 Å². The molecule has 2 aromatic rings. The molecule has 1 atom stereocenters. The molecule has 0 radical (unpaired) electrons. The van der Waals surface area contributed by atoms with Gasteiger partial charge < -0.3 is 10.1 Å². The standard InChI is InChI=1S/C16H16FN3O3/c1-16(9-23-2)14(21)20(15(22)19-16)8-10-5-6-12(17)11-4-3-7-18-13(10)11/h3-7H,8-9H2,1-2H3,(H,19,22)/t16-/m0/s1. The monoisotopic (exact) mass is 317 g/mol. The van der Waals surface area contributed by atoms with Crippen LogP contribution < -0.4 is 5.32 Å². The van der Waals surface area contributed by atoms with Gasteiger partial charge in [0.25, 0.3) is 5.91 Å². The normalized spacial score (nSPS) is 21.1. The van der Waals surface area contributed by atoms with Gasteiger partial charge in [0, 0.05) is 18.7 Å². The van der Waals surface area contributed by atoms with Crippen LogP contribution in [0.5, 0.6) is 0 Å². The average Bonchev–Trinajstić information content (AvgIpc) is 2.73. The number of ether oxygens (including phenoxy) is 1. The summed E-state index contributed by atoms with van der Waals surface area (Å²) in [5.41, 5.74) is -0.0460. The number of imide groups is 1. The van der Waals surface area contributed by atoms with Gasteiger partial charge >= 0.3 is 6.03 Å². The van der Waals surface area contributed by atoms with Crippen LogP contribution in [0, 0.1) is 5.82 Å². The predicted octanol–water partition coefficient (Wildman–Crippen LogP) is 1.83. The highest BCUT2D eigenvalue weighted by molar-refractivity contribution is 6.07. The molecule has 1 saturated heterocycles. The van der Waals surface area contributed by atoms with Crippen molar-refractivity contribution in [3.8, 4) is 0 Å². The lowest BCUT2D eigenvalue weighted by Gasteiger charge is -2.20. The SMILES string of the molecule is COC[C@]1(C)NC(=O)N(Cc2ccc(F)c3cccnc23)C1=O. The van der Waals surface area contributed by atoms with Gasteiger partial charge in [0.1, 0.15) is 11.4 Å². The lowest BCUT2D eigenvalue weighted by Crippen LogP contribution is -2.47. The first kappa shape index (κ1) is 15.4. The number of pyridine rings is 1. The summed E-state index contributed by atoms with van der Waals surface area (Å²) in [4.78, 5) is 29.9. The molecule has 0 spiro atoms. The molecule has 1 N–H and O–H groups in total. The quantitative estimate of drug-likeness (QED) is 0.873. The first-order chi connectivity index (χ1) is 11.0. The number of nitrogens with zero attached hydrogens (tertiary/aromatic N) is 2. The summed E-state index contributed by atoms with van der Waals surface area (Å²) < 4.78 is 18.8. The number of benzene rings is 1. The summed E-state index contributed by atoms with van der Waals surface area (Å²) in [6, 6.07) is 5.60. The van der Waals surface area contributed by atoms with E-state index in [2.05, 4.69) is 10.3 Å². The largest absolute Gasteiger partial charge is 0.382 e. The van der Waals surface area contributed by atoms with E-state index in [0.717, 1.165) is 4.90 Å². The number of nitrogens with one attached hydrogen (secondary N) is 1. The van der Waals surface area contributed by atoms with Gasteiger partial charge in [-0.05, 0) is 30.7 Å². The van der Waals surface area contributed by atoms with Crippen LogP contribution in [0.1, 0.15) is 12.5 Å². The number of methoxy groups -OCH3 is 1. The van der Waals surface area contributed by atoms with E-state index in [-0.39, 0.29) is 19.1 Å². The molecule has 1 fully saturated rings. The number of amides is 3. The van der Waals surface area contributed by atoms with Gasteiger partial charge in [-0.25, -0.2) is 9.18 Å². The van der Waals surface area contributed by atoms with Crippen LogP contribution in [-0.2, 0) is 16.1 Å². The third kappa shape index (κ3) is 2.53. The van der Waals surface area contributed by atoms with E-state index in [1.165, 1.54) is 19.2 Å². The van der Waals surface area contributed by atoms with Gasteiger partial charge in [-0.1, -0.05) is 6.07 Å². The molecule has 0 unspecified atom stereocenters. The number of urea groups is 1. The highest BCUT2D eigenvalue weighted by atomic mass is 19.1. The smallest absolute Gasteiger partial charge is 0.325 e. The zero-order valence-corrected chi connectivity index (χ0v) is 12.8. The van der Waals surface area contributed by atoms with E-state index in [1.807, 2.05) is 0 Å². The van der Waals surface area contributed by atoms with Crippen LogP contribution in [0.3, 0.4) is 0 Å². The minimum atomic E-state index is -1.09. The van der Waals surface area contributed by atoms with Gasteiger partial charge in [0.05, 0.1) is 18.7 Å². The van der Waals surface area contributed by atoms with E-state index in [9.17, 15) is 14.0 Å². The number of halogens is 1. The molecule has 23 heavy (non-hydrogen) atoms. The van der Waals surface area contributed by atoms with Gasteiger partial charge in [0.2, 0.25) is 0 Å². The molecule has 3 rings (SSSR count). The third-order valence-corrected chi connectivity index (χ3v) is 3.91. The second kappa shape index (κ2) is 5.58. The number of rotatable bonds is 4. The molecule has 0 saturated carbocycles. The van der Waals surface area contributed by atoms with Crippen LogP contribution in [0.4, 0.5) is 9.18 Å². The third-order valence-electron chi connectivity index (χ3n) is 3.91. The number of fused-ring (bicyclic) bond motifs is 1. The second-order valence-corrected chi connectivity index (χ2v) is 5.69. The maximum absolute atomic E-state index is 13.8. The van der Waals surface area contributed by atoms with E-state index in [0.29, 0.717) is 16.5 Å². The Morgan fingerprint density at radius 1 is 1.35 bits per heavy atom. The summed E-state index contributed by atoms with van der Waals surface area (Å²) in [6.07, 6.45) is 1.55. The Balaban J connectivity index is 1.95. The zero-order valence-electron chi connectivity index (χ0n) is 12.8. The Morgan fingerprint density at radius 2 is 2.13 bits per heavy atom. The lowest BCUT2D eigenvalue weighted by atomic mass is 10.0. The van der Waals surface area contributed by atoms with Crippen molar-refractivity contribution in [3.63, 3.8) is 0 Å². The first-order valence-electron chi connectivity index (χ1n) is 7.11. The van der Waals surface area contributed by atoms with E-state index < -0.39 is 17.4 Å². The molecule has 0 aliphatic carbocycles. The van der Waals surface area contributed by atoms with Crippen molar-refractivity contribution in [2.75, 3.05) is 13.7 Å². The fourth-order valence-corrected chi connectivity index (χ4v) is 2.77. The molecule has 3 amide bonds. The molecule has 0 bridgehead atoms. The summed E-state index contributed by atoms with van der Waals surface area (Å²) in [6.45, 7) is 1.71. The minimum absolute atomic E-state index is 0.0256. The van der Waals surface area contributed by atoms with Gasteiger partial charge in [0.15, 0.2) is 0 Å². The first-order valence-corrected chi connectivity index (χ1v) is 7.11. The Hall–Kier alpha value is -2.54. The fraction of sp³-hybridized carbons (Fsp3) is 0.312. The molecule has 1 aromatic heterocycles. The van der Waals surface area contributed by atoms with Crippen LogP contribution in [0.15, 0.2) is 30.5 Å². The Labute approximate surface area is 132 Å². The molecular formula is C16H16FN3O3. The molecule has 1 aliphatic rings. The Morgan fingerprint density at radius 3 is 2.87 bits per heavy atom. The van der Waals surface area contributed by atoms with Crippen molar-refractivity contribution in [2.45, 2.75) is 19.0 Å². The van der Waals surface area contributed by atoms with Crippen LogP contribution >= 0.6 is 0 Å². The predicted molar refractivity (Wildman–Crippen MR) is 81.1 cm³/mol. The Kier molecular flexibility index (Phi) is 3.73. The molecule has 2 heterocycles. The highest BCUT2D eigenvalue weighted by Crippen LogP contribution is 2.24. The number of carbonyl (C=O) groups excluding carboxylic acids is 2. The summed E-state index contributed by atoms with van der Waals surface area (Å²) in [5.74, 6) is -0.768. The van der Waals surface area contributed by atoms with E-state index in [4.69, 9.17) is 4.74 Å². The van der Waals surface area contributed by atoms with Crippen LogP contribution in [0.2, 0.25) is 0 Å². The molecular weight excluding hydrogens is 301 g/mol. The topological polar surface area (TPSA) is 71.5 Å². The van der Waals surface area contributed by atoms with Crippen molar-refractivity contribution in [1.82, 2.24) is 15.2 Å². The van der Waals surface area contributed by atoms with Crippen molar-refractivity contribution in [1.29, 1.82) is 0 Å². The number of hydrogen-bond acceptors (Lipinski definition) is 4. The number of hydrogen-bond donors (Lipinski definition) is 1. The second-order valence-electron chi connectivity index (χ2n) is 5.69. The lowest BCUT2D eigenvalue weighted by molar-refractivity contribution is -0.132. The van der Waals surface area contributed by atoms with Crippen molar-refractivity contribution >= 4 is 22.8 Å². The fourth-order valence-electron chi connectivity index (χ4n) is 2.77. The summed E-state index contributed by atoms with van der Waals surface area (Å²) >= 11 is 0. The zero-order chi connectivity index (χ0) is 16.6. The highest BCUT2D eigenvalue weighted by Gasteiger charge is 2.47. The van der Waals surface area contributed by atoms with Crippen LogP contribution in [0.25, 0.3) is 10.9 Å². The molecule has 7 heteroatoms. The average molecular weight is 317 g/mol. The van der Waals surface area contributed by atoms with E-state index in [1.54, 1.807) is 25.3 Å². The van der Waals surface area contributed by atoms with Crippen molar-refractivity contribution < 1.29 is 18.7 Å². The van der Waals surface area contributed by atoms with Gasteiger partial charge in [-0.3, -0.25) is 14.7 Å². The maximum Gasteiger partial charge on any atom is 0.325 e. The molecule has 1 aliphatic heterocycles. The minimum Gasteiger partial charge on any atom is -0.382 e.